The third-order valence-corrected chi connectivity index (χ3v) is 3.41. The third-order valence-electron chi connectivity index (χ3n) is 3.41. The number of benzene rings is 1. The van der Waals surface area contributed by atoms with Gasteiger partial charge in [0, 0.05) is 13.0 Å². The quantitative estimate of drug-likeness (QED) is 0.791. The number of hydrogen-bond acceptors (Lipinski definition) is 1. The van der Waals surface area contributed by atoms with Gasteiger partial charge in [0.05, 0.1) is 0 Å². The highest BCUT2D eigenvalue weighted by Crippen LogP contribution is 2.29. The highest BCUT2D eigenvalue weighted by molar-refractivity contribution is 5.73. The van der Waals surface area contributed by atoms with E-state index < -0.39 is 0 Å². The molecule has 1 N–H and O–H groups in total. The first kappa shape index (κ1) is 12.2. The van der Waals surface area contributed by atoms with E-state index in [1.165, 1.54) is 16.7 Å². The number of hydrogen-bond donors (Lipinski definition) is 1. The summed E-state index contributed by atoms with van der Waals surface area (Å²) in [6, 6.07) is 7.03. The summed E-state index contributed by atoms with van der Waals surface area (Å²) < 4.78 is 0. The lowest BCUT2D eigenvalue weighted by atomic mass is 9.85. The molecule has 1 amide bonds. The molecule has 0 saturated heterocycles. The van der Waals surface area contributed by atoms with E-state index in [0.717, 1.165) is 12.8 Å². The first-order chi connectivity index (χ1) is 7.86. The normalized spacial score (nSPS) is 18.9. The first-order valence-electron chi connectivity index (χ1n) is 6.25. The van der Waals surface area contributed by atoms with Gasteiger partial charge in [-0.2, -0.15) is 0 Å². The maximum absolute atomic E-state index is 11.1. The zero-order chi connectivity index (χ0) is 12.6. The monoisotopic (exact) mass is 231 g/mol. The molecule has 0 spiro atoms. The van der Waals surface area contributed by atoms with E-state index in [-0.39, 0.29) is 17.4 Å². The van der Waals surface area contributed by atoms with Crippen molar-refractivity contribution in [1.82, 2.24) is 5.32 Å². The molecule has 0 heterocycles. The van der Waals surface area contributed by atoms with E-state index in [2.05, 4.69) is 44.3 Å². The van der Waals surface area contributed by atoms with Crippen LogP contribution in [-0.4, -0.2) is 11.9 Å². The number of nitrogens with one attached hydrogen (secondary N) is 1. The Labute approximate surface area is 103 Å². The topological polar surface area (TPSA) is 29.1 Å². The summed E-state index contributed by atoms with van der Waals surface area (Å²) in [7, 11) is 0. The molecule has 2 rings (SSSR count). The summed E-state index contributed by atoms with van der Waals surface area (Å²) in [5, 5.41) is 3.01. The minimum absolute atomic E-state index is 0.0684. The van der Waals surface area contributed by atoms with Crippen LogP contribution < -0.4 is 5.32 Å². The van der Waals surface area contributed by atoms with Crippen LogP contribution >= 0.6 is 0 Å². The second-order valence-electron chi connectivity index (χ2n) is 6.04. The average molecular weight is 231 g/mol. The molecular formula is C15H21NO. The van der Waals surface area contributed by atoms with Crippen LogP contribution in [0.2, 0.25) is 0 Å². The lowest BCUT2D eigenvalue weighted by Gasteiger charge is -2.19. The second-order valence-corrected chi connectivity index (χ2v) is 6.04. The Hall–Kier alpha value is -1.31. The highest BCUT2D eigenvalue weighted by atomic mass is 16.1. The molecule has 0 aromatic heterocycles. The van der Waals surface area contributed by atoms with Gasteiger partial charge in [-0.15, -0.1) is 0 Å². The predicted molar refractivity (Wildman–Crippen MR) is 70.2 cm³/mol. The number of carbonyl (C=O) groups is 1. The Morgan fingerprint density at radius 3 is 2.47 bits per heavy atom. The van der Waals surface area contributed by atoms with Gasteiger partial charge in [-0.1, -0.05) is 39.0 Å². The van der Waals surface area contributed by atoms with Gasteiger partial charge < -0.3 is 5.32 Å². The van der Waals surface area contributed by atoms with E-state index in [0.29, 0.717) is 0 Å². The Morgan fingerprint density at radius 2 is 1.88 bits per heavy atom. The summed E-state index contributed by atoms with van der Waals surface area (Å²) in [5.41, 5.74) is 4.36. The molecule has 1 atom stereocenters. The zero-order valence-corrected chi connectivity index (χ0v) is 11.1. The third kappa shape index (κ3) is 2.68. The van der Waals surface area contributed by atoms with Crippen LogP contribution in [0.5, 0.6) is 0 Å². The van der Waals surface area contributed by atoms with Crippen molar-refractivity contribution in [3.63, 3.8) is 0 Å². The molecule has 1 aliphatic carbocycles. The molecule has 0 saturated carbocycles. The minimum Gasteiger partial charge on any atom is -0.353 e. The molecule has 92 valence electrons. The van der Waals surface area contributed by atoms with Gasteiger partial charge in [0.25, 0.3) is 0 Å². The molecule has 2 heteroatoms. The SMILES string of the molecule is CC(=O)N[C@H]1Cc2ccc(C(C)(C)C)cc2C1. The van der Waals surface area contributed by atoms with Gasteiger partial charge in [-0.3, -0.25) is 4.79 Å². The van der Waals surface area contributed by atoms with Crippen molar-refractivity contribution < 1.29 is 4.79 Å². The molecule has 0 bridgehead atoms. The largest absolute Gasteiger partial charge is 0.353 e. The van der Waals surface area contributed by atoms with Crippen LogP contribution in [0.15, 0.2) is 18.2 Å². The molecule has 0 unspecified atom stereocenters. The van der Waals surface area contributed by atoms with E-state index in [9.17, 15) is 4.79 Å². The second kappa shape index (κ2) is 4.17. The molecule has 0 fully saturated rings. The van der Waals surface area contributed by atoms with Gasteiger partial charge in [0.2, 0.25) is 5.91 Å². The maximum Gasteiger partial charge on any atom is 0.217 e. The Kier molecular flexibility index (Phi) is 2.98. The molecule has 1 aliphatic rings. The zero-order valence-electron chi connectivity index (χ0n) is 11.1. The number of carbonyl (C=O) groups excluding carboxylic acids is 1. The van der Waals surface area contributed by atoms with Crippen molar-refractivity contribution in [3.8, 4) is 0 Å². The van der Waals surface area contributed by atoms with Crippen LogP contribution in [0.4, 0.5) is 0 Å². The van der Waals surface area contributed by atoms with E-state index >= 15 is 0 Å². The van der Waals surface area contributed by atoms with Crippen LogP contribution in [0.3, 0.4) is 0 Å². The van der Waals surface area contributed by atoms with Crippen molar-refractivity contribution in [2.45, 2.75) is 52.0 Å². The van der Waals surface area contributed by atoms with Crippen molar-refractivity contribution in [3.05, 3.63) is 34.9 Å². The van der Waals surface area contributed by atoms with Gasteiger partial charge in [0.1, 0.15) is 0 Å². The highest BCUT2D eigenvalue weighted by Gasteiger charge is 2.24. The minimum atomic E-state index is 0.0684. The Balaban J connectivity index is 2.19. The molecular weight excluding hydrogens is 210 g/mol. The summed E-state index contributed by atoms with van der Waals surface area (Å²) >= 11 is 0. The van der Waals surface area contributed by atoms with Crippen LogP contribution in [0.25, 0.3) is 0 Å². The fourth-order valence-corrected chi connectivity index (χ4v) is 2.47. The number of amides is 1. The van der Waals surface area contributed by atoms with Crippen molar-refractivity contribution >= 4 is 5.91 Å². The van der Waals surface area contributed by atoms with Gasteiger partial charge >= 0.3 is 0 Å². The van der Waals surface area contributed by atoms with Crippen LogP contribution in [0.1, 0.15) is 44.4 Å². The van der Waals surface area contributed by atoms with Crippen LogP contribution in [0, 0.1) is 0 Å². The van der Waals surface area contributed by atoms with Crippen molar-refractivity contribution in [2.24, 2.45) is 0 Å². The predicted octanol–water partition coefficient (Wildman–Crippen LogP) is 2.59. The first-order valence-corrected chi connectivity index (χ1v) is 6.25. The molecule has 0 aliphatic heterocycles. The molecule has 0 radical (unpaired) electrons. The summed E-state index contributed by atoms with van der Waals surface area (Å²) in [6.07, 6.45) is 1.94. The summed E-state index contributed by atoms with van der Waals surface area (Å²) in [6.45, 7) is 8.28. The lowest BCUT2D eigenvalue weighted by molar-refractivity contribution is -0.119. The van der Waals surface area contributed by atoms with Crippen molar-refractivity contribution in [2.75, 3.05) is 0 Å². The smallest absolute Gasteiger partial charge is 0.217 e. The lowest BCUT2D eigenvalue weighted by Crippen LogP contribution is -2.33. The van der Waals surface area contributed by atoms with E-state index in [1.807, 2.05) is 0 Å². The fraction of sp³-hybridized carbons (Fsp3) is 0.533. The average Bonchev–Trinajstić information content (AvgIpc) is 2.55. The van der Waals surface area contributed by atoms with Gasteiger partial charge in [-0.05, 0) is 34.9 Å². The Bertz CT molecular complexity index is 443. The number of rotatable bonds is 1. The molecule has 1 aromatic carbocycles. The molecule has 2 nitrogen and oxygen atoms in total. The summed E-state index contributed by atoms with van der Waals surface area (Å²) in [5.74, 6) is 0.0684. The van der Waals surface area contributed by atoms with Crippen LogP contribution in [-0.2, 0) is 23.1 Å². The van der Waals surface area contributed by atoms with Gasteiger partial charge in [0.15, 0.2) is 0 Å². The summed E-state index contributed by atoms with van der Waals surface area (Å²) in [4.78, 5) is 11.1. The van der Waals surface area contributed by atoms with E-state index in [4.69, 9.17) is 0 Å². The maximum atomic E-state index is 11.1. The fourth-order valence-electron chi connectivity index (χ4n) is 2.47. The molecule has 17 heavy (non-hydrogen) atoms. The standard InChI is InChI=1S/C15H21NO/c1-10(17)16-14-8-11-5-6-13(15(2,3)4)7-12(11)9-14/h5-7,14H,8-9H2,1-4H3,(H,16,17)/t14-/m0/s1. The molecule has 1 aromatic rings. The number of fused-ring (bicyclic) bond motifs is 1. The van der Waals surface area contributed by atoms with Crippen molar-refractivity contribution in [1.29, 1.82) is 0 Å². The van der Waals surface area contributed by atoms with E-state index in [1.54, 1.807) is 6.92 Å². The van der Waals surface area contributed by atoms with Gasteiger partial charge in [-0.25, -0.2) is 0 Å². The Morgan fingerprint density at radius 1 is 1.24 bits per heavy atom.